The van der Waals surface area contributed by atoms with Gasteiger partial charge in [-0.2, -0.15) is 9.90 Å². The second kappa shape index (κ2) is 8.10. The summed E-state index contributed by atoms with van der Waals surface area (Å²) in [7, 11) is 0. The van der Waals surface area contributed by atoms with Crippen LogP contribution in [0.4, 0.5) is 0 Å². The average molecular weight is 496 g/mol. The standard InChI is InChI=1S/C20H14N4.Eu.H3P/c1-2-14-10-16-5-6-18(23-16)12-20-8-7-19(24-20)11-17-4-3-15(22-17)9-13(1)21-14;;/h1-12,21,24H;;1H3. The molecular formula is C20H17EuN4P. The maximum Gasteiger partial charge on any atom is 0.0658 e. The van der Waals surface area contributed by atoms with Crippen molar-refractivity contribution in [1.82, 2.24) is 19.9 Å². The van der Waals surface area contributed by atoms with Gasteiger partial charge in [-0.05, 0) is 72.8 Å². The maximum atomic E-state index is 4.63. The van der Waals surface area contributed by atoms with Crippen molar-refractivity contribution in [1.29, 1.82) is 0 Å². The molecule has 0 fully saturated rings. The van der Waals surface area contributed by atoms with E-state index in [9.17, 15) is 0 Å². The Labute approximate surface area is 195 Å². The molecule has 1 radical (unpaired) electrons. The fraction of sp³-hybridized carbons (Fsp3) is 0. The van der Waals surface area contributed by atoms with E-state index in [2.05, 4.69) is 44.2 Å². The van der Waals surface area contributed by atoms with Crippen LogP contribution in [0.2, 0.25) is 0 Å². The Morgan fingerprint density at radius 3 is 1.04 bits per heavy atom. The summed E-state index contributed by atoms with van der Waals surface area (Å²) in [6.45, 7) is 0. The summed E-state index contributed by atoms with van der Waals surface area (Å²) < 4.78 is 0. The quantitative estimate of drug-likeness (QED) is 0.305. The number of aromatic amines is 2. The third kappa shape index (κ3) is 4.12. The van der Waals surface area contributed by atoms with Crippen LogP contribution in [0.5, 0.6) is 0 Å². The summed E-state index contributed by atoms with van der Waals surface area (Å²) >= 11 is 0. The monoisotopic (exact) mass is 497 g/mol. The van der Waals surface area contributed by atoms with E-state index in [1.807, 2.05) is 48.6 Å². The Morgan fingerprint density at radius 1 is 0.500 bits per heavy atom. The summed E-state index contributed by atoms with van der Waals surface area (Å²) in [6.07, 6.45) is 8.09. The zero-order valence-corrected chi connectivity index (χ0v) is 17.7. The van der Waals surface area contributed by atoms with Gasteiger partial charge in [0.05, 0.1) is 22.8 Å². The first-order valence-electron chi connectivity index (χ1n) is 7.85. The molecule has 5 heterocycles. The van der Waals surface area contributed by atoms with Crippen molar-refractivity contribution >= 4 is 56.3 Å². The number of H-pyrrole nitrogens is 2. The summed E-state index contributed by atoms with van der Waals surface area (Å²) in [5, 5.41) is 0. The second-order valence-electron chi connectivity index (χ2n) is 5.91. The van der Waals surface area contributed by atoms with Gasteiger partial charge in [-0.3, -0.25) is 0 Å². The van der Waals surface area contributed by atoms with Gasteiger partial charge in [-0.25, -0.2) is 9.97 Å². The van der Waals surface area contributed by atoms with E-state index >= 15 is 0 Å². The predicted molar refractivity (Wildman–Crippen MR) is 110 cm³/mol. The number of hydrogen-bond donors (Lipinski definition) is 2. The van der Waals surface area contributed by atoms with Gasteiger partial charge < -0.3 is 9.97 Å². The Hall–Kier alpha value is -1.39. The zero-order chi connectivity index (χ0) is 15.9. The van der Waals surface area contributed by atoms with Crippen molar-refractivity contribution in [3.05, 3.63) is 71.3 Å². The van der Waals surface area contributed by atoms with Gasteiger partial charge in [0.2, 0.25) is 0 Å². The molecule has 0 amide bonds. The number of nitrogens with one attached hydrogen (secondary N) is 2. The molecule has 2 aliphatic rings. The first-order chi connectivity index (χ1) is 11.8. The Balaban J connectivity index is 0.000000980. The Kier molecular flexibility index (Phi) is 6.04. The molecule has 5 rings (SSSR count). The van der Waals surface area contributed by atoms with Gasteiger partial charge in [0.25, 0.3) is 0 Å². The van der Waals surface area contributed by atoms with E-state index in [1.165, 1.54) is 0 Å². The smallest absolute Gasteiger partial charge is 0.0658 e. The molecule has 4 nitrogen and oxygen atoms in total. The molecule has 1 unspecified atom stereocenters. The van der Waals surface area contributed by atoms with Crippen LogP contribution in [0.3, 0.4) is 0 Å². The van der Waals surface area contributed by atoms with E-state index < -0.39 is 0 Å². The normalized spacial score (nSPS) is 11.7. The minimum absolute atomic E-state index is 0. The molecule has 3 aromatic heterocycles. The topological polar surface area (TPSA) is 57.4 Å². The summed E-state index contributed by atoms with van der Waals surface area (Å²) in [5.41, 5.74) is 7.86. The largest absolute Gasteiger partial charge is 0.355 e. The minimum atomic E-state index is 0. The third-order valence-electron chi connectivity index (χ3n) is 4.04. The van der Waals surface area contributed by atoms with Crippen LogP contribution in [0.1, 0.15) is 22.8 Å². The van der Waals surface area contributed by atoms with Crippen molar-refractivity contribution in [3.63, 3.8) is 0 Å². The molecule has 0 saturated carbocycles. The molecule has 26 heavy (non-hydrogen) atoms. The van der Waals surface area contributed by atoms with Crippen LogP contribution in [-0.4, -0.2) is 19.9 Å². The zero-order valence-electron chi connectivity index (χ0n) is 13.9. The molecule has 1 atom stereocenters. The maximum absolute atomic E-state index is 4.63. The van der Waals surface area contributed by atoms with Crippen molar-refractivity contribution in [3.8, 4) is 0 Å². The van der Waals surface area contributed by atoms with Crippen LogP contribution in [0.15, 0.2) is 48.5 Å². The van der Waals surface area contributed by atoms with E-state index in [0.29, 0.717) is 0 Å². The average Bonchev–Trinajstić information content (AvgIpc) is 3.32. The van der Waals surface area contributed by atoms with Gasteiger partial charge in [0.1, 0.15) is 0 Å². The van der Waals surface area contributed by atoms with Gasteiger partial charge in [-0.15, -0.1) is 0 Å². The molecule has 0 aliphatic carbocycles. The van der Waals surface area contributed by atoms with Crippen LogP contribution in [0, 0.1) is 49.4 Å². The molecule has 6 heteroatoms. The van der Waals surface area contributed by atoms with Crippen molar-refractivity contribution in [2.75, 3.05) is 0 Å². The number of rotatable bonds is 0. The molecule has 0 spiro atoms. The minimum Gasteiger partial charge on any atom is -0.355 e. The molecule has 0 saturated heterocycles. The van der Waals surface area contributed by atoms with Crippen molar-refractivity contribution in [2.24, 2.45) is 0 Å². The third-order valence-corrected chi connectivity index (χ3v) is 4.04. The molecule has 2 aliphatic heterocycles. The molecular weight excluding hydrogens is 479 g/mol. The Morgan fingerprint density at radius 2 is 0.769 bits per heavy atom. The van der Waals surface area contributed by atoms with E-state index in [4.69, 9.17) is 0 Å². The second-order valence-corrected chi connectivity index (χ2v) is 5.91. The van der Waals surface area contributed by atoms with Gasteiger partial charge in [0.15, 0.2) is 0 Å². The van der Waals surface area contributed by atoms with E-state index in [0.717, 1.165) is 44.8 Å². The number of nitrogens with zero attached hydrogens (tertiary/aromatic N) is 2. The first kappa shape index (κ1) is 19.4. The summed E-state index contributed by atoms with van der Waals surface area (Å²) in [6, 6.07) is 16.4. The molecule has 129 valence electrons. The fourth-order valence-electron chi connectivity index (χ4n) is 2.94. The molecule has 3 aromatic rings. The van der Waals surface area contributed by atoms with Crippen molar-refractivity contribution < 1.29 is 49.4 Å². The number of fused-ring (bicyclic) bond motifs is 8. The van der Waals surface area contributed by atoms with Crippen LogP contribution >= 0.6 is 9.90 Å². The molecule has 0 aromatic carbocycles. The number of hydrogen-bond acceptors (Lipinski definition) is 2. The van der Waals surface area contributed by atoms with Crippen LogP contribution in [0.25, 0.3) is 46.4 Å². The molecule has 8 bridgehead atoms. The summed E-state index contributed by atoms with van der Waals surface area (Å²) in [5.74, 6) is 0. The van der Waals surface area contributed by atoms with Crippen LogP contribution < -0.4 is 0 Å². The molecule has 2 N–H and O–H groups in total. The van der Waals surface area contributed by atoms with Gasteiger partial charge in [-0.1, -0.05) is 0 Å². The van der Waals surface area contributed by atoms with Crippen molar-refractivity contribution in [2.45, 2.75) is 0 Å². The summed E-state index contributed by atoms with van der Waals surface area (Å²) in [4.78, 5) is 16.0. The van der Waals surface area contributed by atoms with Gasteiger partial charge >= 0.3 is 0 Å². The fourth-order valence-corrected chi connectivity index (χ4v) is 2.94. The predicted octanol–water partition coefficient (Wildman–Crippen LogP) is 4.71. The van der Waals surface area contributed by atoms with E-state index in [-0.39, 0.29) is 59.3 Å². The van der Waals surface area contributed by atoms with Gasteiger partial charge in [0, 0.05) is 71.4 Å². The van der Waals surface area contributed by atoms with Crippen LogP contribution in [-0.2, 0) is 0 Å². The SMILES string of the molecule is C1=Cc2cc3ccc(cc4nc(cc5ccc(cc1n2)[nH]5)C=C4)[nH]3.P.[Eu]. The first-order valence-corrected chi connectivity index (χ1v) is 7.85. The number of aromatic nitrogens is 4. The van der Waals surface area contributed by atoms with E-state index in [1.54, 1.807) is 0 Å². The Bertz CT molecular complexity index is 996.